The summed E-state index contributed by atoms with van der Waals surface area (Å²) in [6.45, 7) is 3.24. The molecular formula is C20H29Cl2N5O2. The summed E-state index contributed by atoms with van der Waals surface area (Å²) in [5, 5.41) is 2.87. The second kappa shape index (κ2) is 11.8. The Morgan fingerprint density at radius 1 is 1.31 bits per heavy atom. The Morgan fingerprint density at radius 2 is 2.10 bits per heavy atom. The van der Waals surface area contributed by atoms with E-state index in [1.807, 2.05) is 22.6 Å². The molecule has 1 aliphatic heterocycles. The molecule has 9 heteroatoms. The average Bonchev–Trinajstić information content (AvgIpc) is 3.19. The second-order valence-corrected chi connectivity index (χ2v) is 7.10. The number of amides is 2. The first kappa shape index (κ1) is 24.9. The van der Waals surface area contributed by atoms with Gasteiger partial charge in [0.1, 0.15) is 0 Å². The predicted octanol–water partition coefficient (Wildman–Crippen LogP) is 3.10. The summed E-state index contributed by atoms with van der Waals surface area (Å²) in [5.41, 5.74) is 7.29. The van der Waals surface area contributed by atoms with Crippen LogP contribution in [0.2, 0.25) is 0 Å². The Bertz CT molecular complexity index is 783. The fraction of sp³-hybridized carbons (Fsp3) is 0.450. The second-order valence-electron chi connectivity index (χ2n) is 7.10. The van der Waals surface area contributed by atoms with E-state index in [0.717, 1.165) is 25.8 Å². The summed E-state index contributed by atoms with van der Waals surface area (Å²) in [4.78, 5) is 31.0. The minimum atomic E-state index is -0.0975. The molecule has 0 radical (unpaired) electrons. The van der Waals surface area contributed by atoms with Gasteiger partial charge >= 0.3 is 0 Å². The number of nitrogens with two attached hydrogens (primary N) is 1. The molecule has 1 aliphatic rings. The number of benzene rings is 1. The number of carbonyl (C=O) groups excluding carboxylic acids is 2. The predicted molar refractivity (Wildman–Crippen MR) is 119 cm³/mol. The molecule has 0 saturated carbocycles. The van der Waals surface area contributed by atoms with Gasteiger partial charge in [-0.15, -0.1) is 24.8 Å². The van der Waals surface area contributed by atoms with Crippen LogP contribution in [0.25, 0.3) is 0 Å². The Balaban J connectivity index is 0.00000210. The summed E-state index contributed by atoms with van der Waals surface area (Å²) in [6.07, 6.45) is 8.56. The third-order valence-corrected chi connectivity index (χ3v) is 4.97. The van der Waals surface area contributed by atoms with Crippen molar-refractivity contribution in [2.45, 2.75) is 51.2 Å². The Morgan fingerprint density at radius 3 is 2.79 bits per heavy atom. The Hall–Kier alpha value is -2.09. The first-order chi connectivity index (χ1) is 13.0. The fourth-order valence-electron chi connectivity index (χ4n) is 3.53. The van der Waals surface area contributed by atoms with Crippen LogP contribution in [0.3, 0.4) is 0 Å². The van der Waals surface area contributed by atoms with Crippen LogP contribution in [0.15, 0.2) is 43.0 Å². The van der Waals surface area contributed by atoms with Crippen molar-refractivity contribution in [3.05, 3.63) is 48.5 Å². The highest BCUT2D eigenvalue weighted by Gasteiger charge is 2.29. The normalized spacial score (nSPS) is 16.9. The van der Waals surface area contributed by atoms with E-state index in [1.54, 1.807) is 36.8 Å². The molecule has 2 unspecified atom stereocenters. The van der Waals surface area contributed by atoms with Gasteiger partial charge < -0.3 is 20.5 Å². The van der Waals surface area contributed by atoms with Crippen LogP contribution in [0, 0.1) is 0 Å². The standard InChI is InChI=1S/C20H27N5O2.2ClH/c1-15(21)18-7-2-3-10-25(18)20(27)16-5-4-6-17(13-16)23-19(26)8-11-24-12-9-22-14-24;;/h4-6,9,12-15,18H,2-3,7-8,10-11,21H2,1H3,(H,23,26);2*1H. The number of likely N-dealkylation sites (tertiary alicyclic amines) is 1. The van der Waals surface area contributed by atoms with E-state index in [-0.39, 0.29) is 48.7 Å². The van der Waals surface area contributed by atoms with E-state index >= 15 is 0 Å². The molecule has 1 saturated heterocycles. The number of aryl methyl sites for hydroxylation is 1. The quantitative estimate of drug-likeness (QED) is 0.719. The van der Waals surface area contributed by atoms with E-state index < -0.39 is 0 Å². The molecule has 0 spiro atoms. The Kier molecular flexibility index (Phi) is 10.2. The number of halogens is 2. The molecule has 2 amide bonds. The molecule has 1 aromatic carbocycles. The summed E-state index contributed by atoms with van der Waals surface area (Å²) in [6, 6.07) is 7.13. The highest BCUT2D eigenvalue weighted by molar-refractivity contribution is 5.97. The van der Waals surface area contributed by atoms with Crippen LogP contribution in [0.5, 0.6) is 0 Å². The molecule has 1 fully saturated rings. The maximum absolute atomic E-state index is 13.0. The van der Waals surface area contributed by atoms with Crippen molar-refractivity contribution in [3.8, 4) is 0 Å². The van der Waals surface area contributed by atoms with E-state index in [1.165, 1.54) is 0 Å². The zero-order valence-corrected chi connectivity index (χ0v) is 18.1. The number of imidazole rings is 1. The SMILES string of the molecule is CC(N)C1CCCCN1C(=O)c1cccc(NC(=O)CCn2ccnc2)c1.Cl.Cl. The zero-order chi connectivity index (χ0) is 19.2. The minimum Gasteiger partial charge on any atom is -0.337 e. The summed E-state index contributed by atoms with van der Waals surface area (Å²) in [5.74, 6) is -0.119. The lowest BCUT2D eigenvalue weighted by Gasteiger charge is -2.38. The number of nitrogens with one attached hydrogen (secondary N) is 1. The largest absolute Gasteiger partial charge is 0.337 e. The minimum absolute atomic E-state index is 0. The van der Waals surface area contributed by atoms with Gasteiger partial charge in [-0.2, -0.15) is 0 Å². The van der Waals surface area contributed by atoms with E-state index in [0.29, 0.717) is 24.2 Å². The van der Waals surface area contributed by atoms with Gasteiger partial charge in [0.15, 0.2) is 0 Å². The number of aromatic nitrogens is 2. The van der Waals surface area contributed by atoms with Crippen molar-refractivity contribution in [2.75, 3.05) is 11.9 Å². The molecule has 160 valence electrons. The zero-order valence-electron chi connectivity index (χ0n) is 16.5. The smallest absolute Gasteiger partial charge is 0.254 e. The number of rotatable bonds is 6. The molecule has 2 atom stereocenters. The molecule has 7 nitrogen and oxygen atoms in total. The molecule has 2 heterocycles. The average molecular weight is 442 g/mol. The van der Waals surface area contributed by atoms with E-state index in [2.05, 4.69) is 10.3 Å². The highest BCUT2D eigenvalue weighted by Crippen LogP contribution is 2.22. The number of hydrogen-bond donors (Lipinski definition) is 2. The Labute approximate surface area is 183 Å². The third-order valence-electron chi connectivity index (χ3n) is 4.97. The number of piperidine rings is 1. The molecule has 0 aliphatic carbocycles. The van der Waals surface area contributed by atoms with Crippen molar-refractivity contribution in [1.29, 1.82) is 0 Å². The van der Waals surface area contributed by atoms with Crippen LogP contribution in [-0.2, 0) is 11.3 Å². The lowest BCUT2D eigenvalue weighted by molar-refractivity contribution is -0.116. The van der Waals surface area contributed by atoms with Crippen molar-refractivity contribution in [2.24, 2.45) is 5.73 Å². The summed E-state index contributed by atoms with van der Waals surface area (Å²) < 4.78 is 1.85. The monoisotopic (exact) mass is 441 g/mol. The first-order valence-corrected chi connectivity index (χ1v) is 9.47. The van der Waals surface area contributed by atoms with E-state index in [9.17, 15) is 9.59 Å². The molecule has 3 N–H and O–H groups in total. The number of carbonyl (C=O) groups is 2. The van der Waals surface area contributed by atoms with Crippen LogP contribution >= 0.6 is 24.8 Å². The fourth-order valence-corrected chi connectivity index (χ4v) is 3.53. The van der Waals surface area contributed by atoms with Crippen LogP contribution in [-0.4, -0.2) is 44.9 Å². The number of anilines is 1. The van der Waals surface area contributed by atoms with Gasteiger partial charge in [-0.1, -0.05) is 6.07 Å². The van der Waals surface area contributed by atoms with Crippen molar-refractivity contribution >= 4 is 42.3 Å². The molecule has 0 bridgehead atoms. The van der Waals surface area contributed by atoms with Crippen molar-refractivity contribution < 1.29 is 9.59 Å². The molecule has 1 aromatic heterocycles. The van der Waals surface area contributed by atoms with Crippen LogP contribution in [0.1, 0.15) is 43.0 Å². The van der Waals surface area contributed by atoms with E-state index in [4.69, 9.17) is 5.73 Å². The summed E-state index contributed by atoms with van der Waals surface area (Å²) >= 11 is 0. The maximum atomic E-state index is 13.0. The van der Waals surface area contributed by atoms with Gasteiger partial charge in [-0.3, -0.25) is 9.59 Å². The van der Waals surface area contributed by atoms with Crippen molar-refractivity contribution in [3.63, 3.8) is 0 Å². The maximum Gasteiger partial charge on any atom is 0.254 e. The van der Waals surface area contributed by atoms with Crippen LogP contribution < -0.4 is 11.1 Å². The third kappa shape index (κ3) is 6.73. The van der Waals surface area contributed by atoms with Crippen LogP contribution in [0.4, 0.5) is 5.69 Å². The molecular weight excluding hydrogens is 413 g/mol. The van der Waals surface area contributed by atoms with Gasteiger partial charge in [0.25, 0.3) is 5.91 Å². The van der Waals surface area contributed by atoms with Gasteiger partial charge in [0, 0.05) is 55.2 Å². The number of hydrogen-bond acceptors (Lipinski definition) is 4. The lowest BCUT2D eigenvalue weighted by Crippen LogP contribution is -2.51. The molecule has 3 rings (SSSR count). The van der Waals surface area contributed by atoms with Gasteiger partial charge in [0.05, 0.1) is 6.33 Å². The topological polar surface area (TPSA) is 93.3 Å². The van der Waals surface area contributed by atoms with Gasteiger partial charge in [-0.25, -0.2) is 4.98 Å². The first-order valence-electron chi connectivity index (χ1n) is 9.47. The van der Waals surface area contributed by atoms with Crippen molar-refractivity contribution in [1.82, 2.24) is 14.5 Å². The van der Waals surface area contributed by atoms with Gasteiger partial charge in [0.2, 0.25) is 5.91 Å². The highest BCUT2D eigenvalue weighted by atomic mass is 35.5. The summed E-state index contributed by atoms with van der Waals surface area (Å²) in [7, 11) is 0. The molecule has 29 heavy (non-hydrogen) atoms. The van der Waals surface area contributed by atoms with Gasteiger partial charge in [-0.05, 0) is 44.4 Å². The lowest BCUT2D eigenvalue weighted by atomic mass is 9.96. The number of nitrogens with zero attached hydrogens (tertiary/aromatic N) is 3. The molecule has 2 aromatic rings.